The maximum atomic E-state index is 12.8. The summed E-state index contributed by atoms with van der Waals surface area (Å²) in [5.74, 6) is -0.329. The van der Waals surface area contributed by atoms with Crippen molar-refractivity contribution in [3.63, 3.8) is 0 Å². The topological polar surface area (TPSA) is 69.7 Å². The van der Waals surface area contributed by atoms with Gasteiger partial charge in [0.2, 0.25) is 5.91 Å². The van der Waals surface area contributed by atoms with Crippen molar-refractivity contribution in [1.82, 2.24) is 9.80 Å². The number of carbonyl (C=O) groups excluding carboxylic acids is 3. The molecule has 152 valence electrons. The Balaban J connectivity index is 1.39. The number of hydrogen-bond donors (Lipinski definition) is 1. The lowest BCUT2D eigenvalue weighted by molar-refractivity contribution is -0.121. The molecular weight excluding hydrogens is 386 g/mol. The highest BCUT2D eigenvalue weighted by atomic mass is 32.1. The summed E-state index contributed by atoms with van der Waals surface area (Å²) in [4.78, 5) is 42.3. The smallest absolute Gasteiger partial charge is 0.263 e. The number of benzene rings is 1. The lowest BCUT2D eigenvalue weighted by Crippen LogP contribution is -2.43. The van der Waals surface area contributed by atoms with E-state index >= 15 is 0 Å². The third-order valence-electron chi connectivity index (χ3n) is 5.58. The minimum Gasteiger partial charge on any atom is -0.339 e. The molecule has 2 aliphatic rings. The number of carbonyl (C=O) groups is 3. The zero-order valence-electron chi connectivity index (χ0n) is 16.3. The van der Waals surface area contributed by atoms with Crippen LogP contribution in [0.1, 0.15) is 45.7 Å². The minimum absolute atomic E-state index is 0.00397. The quantitative estimate of drug-likeness (QED) is 0.837. The highest BCUT2D eigenvalue weighted by Crippen LogP contribution is 2.23. The molecule has 2 aromatic rings. The molecule has 7 heteroatoms. The Labute approximate surface area is 174 Å². The first kappa shape index (κ1) is 19.6. The maximum Gasteiger partial charge on any atom is 0.263 e. The fourth-order valence-corrected chi connectivity index (χ4v) is 4.70. The number of nitrogens with one attached hydrogen (secondary N) is 1. The number of hydrogen-bond acceptors (Lipinski definition) is 4. The van der Waals surface area contributed by atoms with E-state index in [-0.39, 0.29) is 23.6 Å². The molecule has 2 saturated heterocycles. The highest BCUT2D eigenvalue weighted by Gasteiger charge is 2.29. The van der Waals surface area contributed by atoms with E-state index in [2.05, 4.69) is 5.32 Å². The van der Waals surface area contributed by atoms with Gasteiger partial charge in [-0.3, -0.25) is 14.4 Å². The van der Waals surface area contributed by atoms with Crippen LogP contribution in [0.15, 0.2) is 41.8 Å². The average Bonchev–Trinajstić information content (AvgIpc) is 3.47. The van der Waals surface area contributed by atoms with Crippen LogP contribution >= 0.6 is 11.3 Å². The standard InChI is InChI=1S/C22H25N3O3S/c26-20(17-7-4-12-25(15-17)22(28)19-9-5-13-29-19)23-18-8-3-6-16(14-18)21(27)24-10-1-2-11-24/h3,5-6,8-9,13-14,17H,1-2,4,7,10-12,15H2,(H,23,26)/t17-/m1/s1. The van der Waals surface area contributed by atoms with Gasteiger partial charge < -0.3 is 15.1 Å². The molecular formula is C22H25N3O3S. The van der Waals surface area contributed by atoms with E-state index in [0.717, 1.165) is 38.8 Å². The lowest BCUT2D eigenvalue weighted by atomic mass is 9.96. The Kier molecular flexibility index (Phi) is 5.94. The molecule has 0 bridgehead atoms. The predicted octanol–water partition coefficient (Wildman–Crippen LogP) is 3.48. The molecule has 0 radical (unpaired) electrons. The molecule has 2 aliphatic heterocycles. The van der Waals surface area contributed by atoms with Crippen molar-refractivity contribution in [2.24, 2.45) is 5.92 Å². The largest absolute Gasteiger partial charge is 0.339 e. The molecule has 0 spiro atoms. The van der Waals surface area contributed by atoms with E-state index < -0.39 is 0 Å². The summed E-state index contributed by atoms with van der Waals surface area (Å²) in [6.07, 6.45) is 3.66. The Hall–Kier alpha value is -2.67. The van der Waals surface area contributed by atoms with Crippen LogP contribution in [-0.4, -0.2) is 53.7 Å². The van der Waals surface area contributed by atoms with Gasteiger partial charge in [-0.2, -0.15) is 0 Å². The van der Waals surface area contributed by atoms with E-state index in [1.165, 1.54) is 11.3 Å². The van der Waals surface area contributed by atoms with E-state index in [1.807, 2.05) is 22.4 Å². The fourth-order valence-electron chi connectivity index (χ4n) is 4.01. The van der Waals surface area contributed by atoms with Gasteiger partial charge in [-0.1, -0.05) is 12.1 Å². The Morgan fingerprint density at radius 3 is 2.48 bits per heavy atom. The van der Waals surface area contributed by atoms with E-state index in [1.54, 1.807) is 29.2 Å². The normalized spacial score (nSPS) is 19.2. The van der Waals surface area contributed by atoms with Crippen LogP contribution in [0.25, 0.3) is 0 Å². The van der Waals surface area contributed by atoms with Gasteiger partial charge in [-0.05, 0) is 55.3 Å². The summed E-state index contributed by atoms with van der Waals surface area (Å²) in [7, 11) is 0. The molecule has 6 nitrogen and oxygen atoms in total. The monoisotopic (exact) mass is 411 g/mol. The van der Waals surface area contributed by atoms with Gasteiger partial charge in [0.05, 0.1) is 10.8 Å². The zero-order chi connectivity index (χ0) is 20.2. The molecule has 0 aliphatic carbocycles. The molecule has 2 fully saturated rings. The van der Waals surface area contributed by atoms with Crippen LogP contribution in [0.3, 0.4) is 0 Å². The molecule has 0 unspecified atom stereocenters. The molecule has 4 rings (SSSR count). The SMILES string of the molecule is O=C(Nc1cccc(C(=O)N2CCCC2)c1)[C@@H]1CCCN(C(=O)c2cccs2)C1. The van der Waals surface area contributed by atoms with Crippen molar-refractivity contribution in [2.75, 3.05) is 31.5 Å². The zero-order valence-corrected chi connectivity index (χ0v) is 17.1. The molecule has 1 aromatic heterocycles. The number of anilines is 1. The Morgan fingerprint density at radius 1 is 0.931 bits per heavy atom. The number of likely N-dealkylation sites (tertiary alicyclic amines) is 2. The molecule has 3 amide bonds. The van der Waals surface area contributed by atoms with Gasteiger partial charge in [0.1, 0.15) is 0 Å². The van der Waals surface area contributed by atoms with Gasteiger partial charge in [0.25, 0.3) is 11.8 Å². The van der Waals surface area contributed by atoms with Gasteiger partial charge in [-0.25, -0.2) is 0 Å². The number of rotatable bonds is 4. The van der Waals surface area contributed by atoms with E-state index in [0.29, 0.717) is 29.2 Å². The summed E-state index contributed by atoms with van der Waals surface area (Å²) < 4.78 is 0. The van der Waals surface area contributed by atoms with Crippen molar-refractivity contribution < 1.29 is 14.4 Å². The predicted molar refractivity (Wildman–Crippen MR) is 113 cm³/mol. The first-order valence-corrected chi connectivity index (χ1v) is 11.0. The van der Waals surface area contributed by atoms with Crippen LogP contribution < -0.4 is 5.32 Å². The van der Waals surface area contributed by atoms with Crippen LogP contribution in [0.2, 0.25) is 0 Å². The summed E-state index contributed by atoms with van der Waals surface area (Å²) in [6, 6.07) is 10.8. The lowest BCUT2D eigenvalue weighted by Gasteiger charge is -2.31. The molecule has 3 heterocycles. The van der Waals surface area contributed by atoms with Crippen molar-refractivity contribution in [3.8, 4) is 0 Å². The summed E-state index contributed by atoms with van der Waals surface area (Å²) in [5, 5.41) is 4.83. The second-order valence-electron chi connectivity index (χ2n) is 7.64. The highest BCUT2D eigenvalue weighted by molar-refractivity contribution is 7.12. The fraction of sp³-hybridized carbons (Fsp3) is 0.409. The van der Waals surface area contributed by atoms with Crippen LogP contribution in [-0.2, 0) is 4.79 Å². The maximum absolute atomic E-state index is 12.8. The average molecular weight is 412 g/mol. The number of thiophene rings is 1. The van der Waals surface area contributed by atoms with Crippen molar-refractivity contribution >= 4 is 34.7 Å². The van der Waals surface area contributed by atoms with Gasteiger partial charge in [0.15, 0.2) is 0 Å². The molecule has 29 heavy (non-hydrogen) atoms. The summed E-state index contributed by atoms with van der Waals surface area (Å²) >= 11 is 1.42. The van der Waals surface area contributed by atoms with Gasteiger partial charge in [-0.15, -0.1) is 11.3 Å². The van der Waals surface area contributed by atoms with Gasteiger partial charge in [0, 0.05) is 37.4 Å². The third-order valence-corrected chi connectivity index (χ3v) is 6.44. The third kappa shape index (κ3) is 4.50. The second kappa shape index (κ2) is 8.78. The first-order valence-electron chi connectivity index (χ1n) is 10.1. The molecule has 1 aromatic carbocycles. The van der Waals surface area contributed by atoms with Crippen LogP contribution in [0.4, 0.5) is 5.69 Å². The number of amides is 3. The van der Waals surface area contributed by atoms with Crippen LogP contribution in [0.5, 0.6) is 0 Å². The van der Waals surface area contributed by atoms with Crippen molar-refractivity contribution in [1.29, 1.82) is 0 Å². The second-order valence-corrected chi connectivity index (χ2v) is 8.58. The molecule has 1 atom stereocenters. The Bertz CT molecular complexity index is 890. The molecule has 0 saturated carbocycles. The number of nitrogens with zero attached hydrogens (tertiary/aromatic N) is 2. The molecule has 1 N–H and O–H groups in total. The van der Waals surface area contributed by atoms with Crippen molar-refractivity contribution in [3.05, 3.63) is 52.2 Å². The van der Waals surface area contributed by atoms with Crippen molar-refractivity contribution in [2.45, 2.75) is 25.7 Å². The van der Waals surface area contributed by atoms with Gasteiger partial charge >= 0.3 is 0 Å². The Morgan fingerprint density at radius 2 is 1.72 bits per heavy atom. The number of piperidine rings is 1. The van der Waals surface area contributed by atoms with E-state index in [4.69, 9.17) is 0 Å². The minimum atomic E-state index is -0.245. The van der Waals surface area contributed by atoms with Crippen LogP contribution in [0, 0.1) is 5.92 Å². The first-order chi connectivity index (χ1) is 14.1. The summed E-state index contributed by atoms with van der Waals surface area (Å²) in [6.45, 7) is 2.70. The van der Waals surface area contributed by atoms with E-state index in [9.17, 15) is 14.4 Å². The summed E-state index contributed by atoms with van der Waals surface area (Å²) in [5.41, 5.74) is 1.23.